The van der Waals surface area contributed by atoms with Crippen molar-refractivity contribution in [2.45, 2.75) is 45.1 Å². The molecule has 0 bridgehead atoms. The first kappa shape index (κ1) is 13.9. The van der Waals surface area contributed by atoms with Crippen molar-refractivity contribution in [2.75, 3.05) is 33.4 Å². The highest BCUT2D eigenvalue weighted by molar-refractivity contribution is 4.72. The molecule has 3 nitrogen and oxygen atoms in total. The molecular formula is C13H27NO2. The largest absolute Gasteiger partial charge is 0.383 e. The lowest BCUT2D eigenvalue weighted by atomic mass is 9.95. The van der Waals surface area contributed by atoms with Crippen molar-refractivity contribution in [3.8, 4) is 0 Å². The first-order chi connectivity index (χ1) is 7.86. The van der Waals surface area contributed by atoms with E-state index in [1.807, 2.05) is 0 Å². The molecule has 96 valence electrons. The molecule has 1 rings (SSSR count). The number of methoxy groups -OCH3 is 1. The van der Waals surface area contributed by atoms with Crippen LogP contribution < -0.4 is 5.32 Å². The van der Waals surface area contributed by atoms with Gasteiger partial charge in [0.2, 0.25) is 0 Å². The van der Waals surface area contributed by atoms with Gasteiger partial charge in [0.1, 0.15) is 0 Å². The zero-order chi connectivity index (χ0) is 11.6. The van der Waals surface area contributed by atoms with Crippen LogP contribution in [0.4, 0.5) is 0 Å². The molecule has 16 heavy (non-hydrogen) atoms. The average Bonchev–Trinajstić information content (AvgIpc) is 2.77. The van der Waals surface area contributed by atoms with Gasteiger partial charge >= 0.3 is 0 Å². The van der Waals surface area contributed by atoms with Gasteiger partial charge in [0, 0.05) is 20.3 Å². The van der Waals surface area contributed by atoms with E-state index in [1.54, 1.807) is 7.11 Å². The monoisotopic (exact) mass is 229 g/mol. The van der Waals surface area contributed by atoms with Gasteiger partial charge in [-0.1, -0.05) is 13.3 Å². The molecule has 0 radical (unpaired) electrons. The Labute approximate surface area is 99.9 Å². The maximum atomic E-state index is 5.70. The van der Waals surface area contributed by atoms with Gasteiger partial charge in [0.15, 0.2) is 0 Å². The number of hydrogen-bond acceptors (Lipinski definition) is 3. The van der Waals surface area contributed by atoms with Crippen molar-refractivity contribution < 1.29 is 9.47 Å². The summed E-state index contributed by atoms with van der Waals surface area (Å²) < 4.78 is 10.7. The fraction of sp³-hybridized carbons (Fsp3) is 1.00. The highest BCUT2D eigenvalue weighted by Gasteiger charge is 2.19. The maximum Gasteiger partial charge on any atom is 0.0587 e. The van der Waals surface area contributed by atoms with Crippen LogP contribution in [0.15, 0.2) is 0 Å². The first-order valence-electron chi connectivity index (χ1n) is 6.68. The Balaban J connectivity index is 2.12. The molecule has 1 heterocycles. The van der Waals surface area contributed by atoms with E-state index in [2.05, 4.69) is 12.2 Å². The Morgan fingerprint density at radius 1 is 1.50 bits per heavy atom. The molecule has 1 saturated heterocycles. The van der Waals surface area contributed by atoms with Gasteiger partial charge in [-0.05, 0) is 38.1 Å². The summed E-state index contributed by atoms with van der Waals surface area (Å²) in [6, 6.07) is 0. The van der Waals surface area contributed by atoms with Crippen LogP contribution >= 0.6 is 0 Å². The van der Waals surface area contributed by atoms with Crippen molar-refractivity contribution in [2.24, 2.45) is 5.92 Å². The van der Waals surface area contributed by atoms with Crippen LogP contribution in [0.5, 0.6) is 0 Å². The topological polar surface area (TPSA) is 30.5 Å². The van der Waals surface area contributed by atoms with Crippen molar-refractivity contribution in [3.63, 3.8) is 0 Å². The minimum Gasteiger partial charge on any atom is -0.383 e. The van der Waals surface area contributed by atoms with Crippen LogP contribution in [-0.2, 0) is 9.47 Å². The Kier molecular flexibility index (Phi) is 7.81. The second-order valence-corrected chi connectivity index (χ2v) is 4.72. The van der Waals surface area contributed by atoms with Crippen LogP contribution in [0, 0.1) is 5.92 Å². The lowest BCUT2D eigenvalue weighted by Gasteiger charge is -2.20. The third-order valence-electron chi connectivity index (χ3n) is 3.23. The molecule has 1 aliphatic heterocycles. The van der Waals surface area contributed by atoms with Crippen LogP contribution in [0.1, 0.15) is 39.0 Å². The van der Waals surface area contributed by atoms with E-state index < -0.39 is 0 Å². The van der Waals surface area contributed by atoms with Crippen LogP contribution in [-0.4, -0.2) is 39.5 Å². The fourth-order valence-electron chi connectivity index (χ4n) is 2.39. The minimum absolute atomic E-state index is 0.528. The van der Waals surface area contributed by atoms with Gasteiger partial charge in [0.05, 0.1) is 12.7 Å². The number of ether oxygens (including phenoxy) is 2. The molecular weight excluding hydrogens is 202 g/mol. The molecule has 2 atom stereocenters. The summed E-state index contributed by atoms with van der Waals surface area (Å²) in [5.74, 6) is 0.768. The first-order valence-corrected chi connectivity index (χ1v) is 6.68. The maximum absolute atomic E-state index is 5.70. The van der Waals surface area contributed by atoms with E-state index in [4.69, 9.17) is 9.47 Å². The van der Waals surface area contributed by atoms with Gasteiger partial charge in [0.25, 0.3) is 0 Å². The Morgan fingerprint density at radius 3 is 3.00 bits per heavy atom. The molecule has 0 saturated carbocycles. The zero-order valence-corrected chi connectivity index (χ0v) is 10.8. The molecule has 2 unspecified atom stereocenters. The highest BCUT2D eigenvalue weighted by atomic mass is 16.5. The Bertz CT molecular complexity index is 158. The molecule has 3 heteroatoms. The van der Waals surface area contributed by atoms with Crippen LogP contribution in [0.25, 0.3) is 0 Å². The second-order valence-electron chi connectivity index (χ2n) is 4.72. The molecule has 1 N–H and O–H groups in total. The predicted octanol–water partition coefficient (Wildman–Crippen LogP) is 2.21. The molecule has 0 aromatic carbocycles. The number of hydrogen-bond donors (Lipinski definition) is 1. The summed E-state index contributed by atoms with van der Waals surface area (Å²) in [5.41, 5.74) is 0. The summed E-state index contributed by atoms with van der Waals surface area (Å²) in [6.07, 6.45) is 6.84. The summed E-state index contributed by atoms with van der Waals surface area (Å²) in [4.78, 5) is 0. The van der Waals surface area contributed by atoms with Crippen molar-refractivity contribution >= 4 is 0 Å². The van der Waals surface area contributed by atoms with Gasteiger partial charge in [-0.25, -0.2) is 0 Å². The van der Waals surface area contributed by atoms with Crippen molar-refractivity contribution in [1.29, 1.82) is 0 Å². The molecule has 1 aliphatic rings. The SMILES string of the molecule is CCCC(CNCCOC)CC1CCCO1. The third-order valence-corrected chi connectivity index (χ3v) is 3.23. The van der Waals surface area contributed by atoms with E-state index >= 15 is 0 Å². The van der Waals surface area contributed by atoms with E-state index in [1.165, 1.54) is 32.1 Å². The molecule has 0 aliphatic carbocycles. The minimum atomic E-state index is 0.528. The third kappa shape index (κ3) is 5.83. The Hall–Kier alpha value is -0.120. The average molecular weight is 229 g/mol. The lowest BCUT2D eigenvalue weighted by molar-refractivity contribution is 0.0874. The summed E-state index contributed by atoms with van der Waals surface area (Å²) in [7, 11) is 1.75. The Morgan fingerprint density at radius 2 is 2.38 bits per heavy atom. The smallest absolute Gasteiger partial charge is 0.0587 e. The summed E-state index contributed by atoms with van der Waals surface area (Å²) in [6.45, 7) is 6.11. The molecule has 0 amide bonds. The quantitative estimate of drug-likeness (QED) is 0.615. The standard InChI is InChI=1S/C13H27NO2/c1-3-5-12(11-14-7-9-15-2)10-13-6-4-8-16-13/h12-14H,3-11H2,1-2H3. The van der Waals surface area contributed by atoms with E-state index in [9.17, 15) is 0 Å². The molecule has 1 fully saturated rings. The number of rotatable bonds is 9. The zero-order valence-electron chi connectivity index (χ0n) is 10.8. The van der Waals surface area contributed by atoms with Crippen molar-refractivity contribution in [3.05, 3.63) is 0 Å². The van der Waals surface area contributed by atoms with Gasteiger partial charge in [-0.2, -0.15) is 0 Å². The fourth-order valence-corrected chi connectivity index (χ4v) is 2.39. The van der Waals surface area contributed by atoms with E-state index in [0.29, 0.717) is 6.10 Å². The lowest BCUT2D eigenvalue weighted by Crippen LogP contribution is -2.28. The summed E-state index contributed by atoms with van der Waals surface area (Å²) >= 11 is 0. The van der Waals surface area contributed by atoms with Crippen molar-refractivity contribution in [1.82, 2.24) is 5.32 Å². The highest BCUT2D eigenvalue weighted by Crippen LogP contribution is 2.22. The molecule has 0 aromatic rings. The van der Waals surface area contributed by atoms with E-state index in [-0.39, 0.29) is 0 Å². The van der Waals surface area contributed by atoms with Gasteiger partial charge in [-0.15, -0.1) is 0 Å². The molecule has 0 spiro atoms. The van der Waals surface area contributed by atoms with Gasteiger partial charge < -0.3 is 14.8 Å². The molecule has 0 aromatic heterocycles. The van der Waals surface area contributed by atoms with E-state index in [0.717, 1.165) is 32.2 Å². The normalized spacial score (nSPS) is 22.5. The summed E-state index contributed by atoms with van der Waals surface area (Å²) in [5, 5.41) is 3.46. The van der Waals surface area contributed by atoms with Gasteiger partial charge in [-0.3, -0.25) is 0 Å². The number of nitrogens with one attached hydrogen (secondary N) is 1. The predicted molar refractivity (Wildman–Crippen MR) is 66.7 cm³/mol. The van der Waals surface area contributed by atoms with Crippen LogP contribution in [0.2, 0.25) is 0 Å². The second kappa shape index (κ2) is 8.97. The van der Waals surface area contributed by atoms with Crippen LogP contribution in [0.3, 0.4) is 0 Å².